The summed E-state index contributed by atoms with van der Waals surface area (Å²) in [6.07, 6.45) is 1.58. The number of benzene rings is 1. The van der Waals surface area contributed by atoms with Crippen molar-refractivity contribution < 1.29 is 24.0 Å². The molecule has 2 aliphatic heterocycles. The number of rotatable bonds is 3. The van der Waals surface area contributed by atoms with Gasteiger partial charge in [0, 0.05) is 19.2 Å². The minimum Gasteiger partial charge on any atom is -0.322 e. The van der Waals surface area contributed by atoms with Crippen molar-refractivity contribution in [1.29, 1.82) is 0 Å². The van der Waals surface area contributed by atoms with E-state index in [0.29, 0.717) is 5.56 Å². The third-order valence-corrected chi connectivity index (χ3v) is 5.58. The second-order valence-corrected chi connectivity index (χ2v) is 7.81. The number of carbonyl (C=O) groups excluding carboxylic acids is 5. The second-order valence-electron chi connectivity index (χ2n) is 7.01. The van der Waals surface area contributed by atoms with Gasteiger partial charge in [-0.3, -0.25) is 34.6 Å². The molecule has 1 saturated heterocycles. The van der Waals surface area contributed by atoms with Crippen molar-refractivity contribution in [2.24, 2.45) is 0 Å². The molecule has 1 atom stereocenters. The number of fused-ring (bicyclic) bond motifs is 1. The molecule has 1 aromatic carbocycles. The molecular formula is C20H14Cl2N4O5. The average Bonchev–Trinajstić information content (AvgIpc) is 3.06. The molecule has 1 fully saturated rings. The normalized spacial score (nSPS) is 17.9. The van der Waals surface area contributed by atoms with E-state index < -0.39 is 35.6 Å². The Bertz CT molecular complexity index is 1170. The fourth-order valence-corrected chi connectivity index (χ4v) is 3.97. The zero-order chi connectivity index (χ0) is 22.3. The molecule has 2 aromatic rings. The largest absolute Gasteiger partial charge is 0.322 e. The Hall–Kier alpha value is -3.30. The number of piperidine rings is 1. The number of aromatic nitrogens is 1. The maximum atomic E-state index is 13.1. The van der Waals surface area contributed by atoms with E-state index in [0.717, 1.165) is 0 Å². The van der Waals surface area contributed by atoms with E-state index in [1.165, 1.54) is 23.2 Å². The molecule has 31 heavy (non-hydrogen) atoms. The van der Waals surface area contributed by atoms with Crippen LogP contribution in [-0.4, -0.2) is 45.5 Å². The van der Waals surface area contributed by atoms with Crippen LogP contribution in [-0.2, 0) is 16.1 Å². The summed E-state index contributed by atoms with van der Waals surface area (Å²) in [5.74, 6) is -3.10. The number of hydrogen-bond acceptors (Lipinski definition) is 6. The van der Waals surface area contributed by atoms with Gasteiger partial charge >= 0.3 is 0 Å². The molecular weight excluding hydrogens is 447 g/mol. The Morgan fingerprint density at radius 2 is 1.87 bits per heavy atom. The van der Waals surface area contributed by atoms with Gasteiger partial charge in [-0.15, -0.1) is 0 Å². The van der Waals surface area contributed by atoms with Crippen LogP contribution in [0.3, 0.4) is 0 Å². The van der Waals surface area contributed by atoms with Crippen LogP contribution in [0.25, 0.3) is 0 Å². The lowest BCUT2D eigenvalue weighted by Crippen LogP contribution is -2.52. The highest BCUT2D eigenvalue weighted by Gasteiger charge is 2.40. The van der Waals surface area contributed by atoms with Gasteiger partial charge in [-0.05, 0) is 24.1 Å². The van der Waals surface area contributed by atoms with Gasteiger partial charge in [0.1, 0.15) is 11.2 Å². The van der Waals surface area contributed by atoms with Gasteiger partial charge < -0.3 is 4.90 Å². The van der Waals surface area contributed by atoms with Crippen LogP contribution >= 0.6 is 23.2 Å². The summed E-state index contributed by atoms with van der Waals surface area (Å²) in [5, 5.41) is 4.44. The van der Waals surface area contributed by atoms with E-state index in [1.807, 2.05) is 0 Å². The van der Waals surface area contributed by atoms with Gasteiger partial charge in [0.2, 0.25) is 11.8 Å². The fourth-order valence-electron chi connectivity index (χ4n) is 3.62. The van der Waals surface area contributed by atoms with Crippen LogP contribution in [0.4, 0.5) is 0 Å². The summed E-state index contributed by atoms with van der Waals surface area (Å²) in [4.78, 5) is 67.0. The number of nitrogens with one attached hydrogen (secondary N) is 2. The Labute approximate surface area is 185 Å². The molecule has 1 unspecified atom stereocenters. The van der Waals surface area contributed by atoms with Crippen molar-refractivity contribution >= 4 is 52.7 Å². The van der Waals surface area contributed by atoms with Crippen LogP contribution in [0.15, 0.2) is 30.5 Å². The SMILES string of the molecule is O=C1CCC(N2Cc3cccc(C(=O)NC(=O)c4cc(Cl)cnc4Cl)c3C2=O)C(=O)N1. The Balaban J connectivity index is 1.58. The molecule has 2 aliphatic rings. The minimum absolute atomic E-state index is 0.0169. The van der Waals surface area contributed by atoms with Gasteiger partial charge in [-0.1, -0.05) is 35.3 Å². The summed E-state index contributed by atoms with van der Waals surface area (Å²) in [5.41, 5.74) is 0.536. The summed E-state index contributed by atoms with van der Waals surface area (Å²) in [6.45, 7) is 0.111. The first-order valence-electron chi connectivity index (χ1n) is 9.19. The number of nitrogens with zero attached hydrogens (tertiary/aromatic N) is 2. The van der Waals surface area contributed by atoms with Crippen LogP contribution in [0.1, 0.15) is 49.5 Å². The number of halogens is 2. The van der Waals surface area contributed by atoms with Crippen molar-refractivity contribution in [1.82, 2.24) is 20.5 Å². The van der Waals surface area contributed by atoms with Crippen LogP contribution in [0.2, 0.25) is 10.2 Å². The third-order valence-electron chi connectivity index (χ3n) is 5.07. The van der Waals surface area contributed by atoms with Crippen molar-refractivity contribution in [2.75, 3.05) is 0 Å². The number of pyridine rings is 1. The molecule has 0 saturated carbocycles. The Morgan fingerprint density at radius 3 is 2.61 bits per heavy atom. The number of hydrogen-bond donors (Lipinski definition) is 2. The quantitative estimate of drug-likeness (QED) is 0.530. The molecule has 158 valence electrons. The molecule has 2 N–H and O–H groups in total. The maximum absolute atomic E-state index is 13.1. The van der Waals surface area contributed by atoms with Crippen LogP contribution in [0, 0.1) is 0 Å². The highest BCUT2D eigenvalue weighted by atomic mass is 35.5. The lowest BCUT2D eigenvalue weighted by Gasteiger charge is -2.29. The molecule has 3 heterocycles. The van der Waals surface area contributed by atoms with E-state index in [4.69, 9.17) is 23.2 Å². The van der Waals surface area contributed by atoms with Gasteiger partial charge in [-0.2, -0.15) is 0 Å². The first kappa shape index (κ1) is 21.0. The van der Waals surface area contributed by atoms with Gasteiger partial charge in [-0.25, -0.2) is 4.98 Å². The highest BCUT2D eigenvalue weighted by molar-refractivity contribution is 6.35. The molecule has 4 rings (SSSR count). The summed E-state index contributed by atoms with van der Waals surface area (Å²) >= 11 is 11.7. The molecule has 0 spiro atoms. The number of amides is 5. The zero-order valence-corrected chi connectivity index (χ0v) is 17.3. The van der Waals surface area contributed by atoms with Crippen LogP contribution in [0.5, 0.6) is 0 Å². The lowest BCUT2D eigenvalue weighted by molar-refractivity contribution is -0.136. The van der Waals surface area contributed by atoms with Crippen LogP contribution < -0.4 is 10.6 Å². The predicted molar refractivity (Wildman–Crippen MR) is 109 cm³/mol. The smallest absolute Gasteiger partial charge is 0.261 e. The molecule has 9 nitrogen and oxygen atoms in total. The van der Waals surface area contributed by atoms with Gasteiger partial charge in [0.15, 0.2) is 0 Å². The molecule has 1 aromatic heterocycles. The minimum atomic E-state index is -0.824. The summed E-state index contributed by atoms with van der Waals surface area (Å²) in [7, 11) is 0. The Morgan fingerprint density at radius 1 is 1.13 bits per heavy atom. The monoisotopic (exact) mass is 460 g/mol. The molecule has 0 radical (unpaired) electrons. The molecule has 0 aliphatic carbocycles. The zero-order valence-electron chi connectivity index (χ0n) is 15.8. The second kappa shape index (κ2) is 8.09. The maximum Gasteiger partial charge on any atom is 0.261 e. The van der Waals surface area contributed by atoms with Crippen molar-refractivity contribution in [2.45, 2.75) is 25.4 Å². The van der Waals surface area contributed by atoms with E-state index in [1.54, 1.807) is 12.1 Å². The third kappa shape index (κ3) is 3.89. The van der Waals surface area contributed by atoms with E-state index >= 15 is 0 Å². The molecule has 5 amide bonds. The fraction of sp³-hybridized carbons (Fsp3) is 0.200. The predicted octanol–water partition coefficient (Wildman–Crippen LogP) is 1.72. The summed E-state index contributed by atoms with van der Waals surface area (Å²) in [6, 6.07) is 5.10. The standard InChI is InChI=1S/C20H14Cl2N4O5/c21-10-6-12(16(22)23-7-10)18(29)25-17(28)11-3-1-2-9-8-26(20(31)15(9)11)13-4-5-14(27)24-19(13)30/h1-3,6-7,13H,4-5,8H2,(H,24,27,30)(H,25,28,29). The van der Waals surface area contributed by atoms with Gasteiger partial charge in [0.05, 0.1) is 21.7 Å². The van der Waals surface area contributed by atoms with Crippen molar-refractivity contribution in [3.8, 4) is 0 Å². The highest BCUT2D eigenvalue weighted by Crippen LogP contribution is 2.30. The van der Waals surface area contributed by atoms with Crippen molar-refractivity contribution in [3.05, 3.63) is 62.9 Å². The van der Waals surface area contributed by atoms with E-state index in [-0.39, 0.29) is 46.3 Å². The first-order valence-corrected chi connectivity index (χ1v) is 9.95. The average molecular weight is 461 g/mol. The van der Waals surface area contributed by atoms with Crippen molar-refractivity contribution in [3.63, 3.8) is 0 Å². The number of carbonyl (C=O) groups is 5. The van der Waals surface area contributed by atoms with E-state index in [2.05, 4.69) is 15.6 Å². The van der Waals surface area contributed by atoms with E-state index in [9.17, 15) is 24.0 Å². The summed E-state index contributed by atoms with van der Waals surface area (Å²) < 4.78 is 0. The topological polar surface area (TPSA) is 126 Å². The Kier molecular flexibility index (Phi) is 5.47. The first-order chi connectivity index (χ1) is 14.8. The molecule has 0 bridgehead atoms. The van der Waals surface area contributed by atoms with Gasteiger partial charge in [0.25, 0.3) is 17.7 Å². The number of imide groups is 2. The lowest BCUT2D eigenvalue weighted by atomic mass is 10.0. The molecule has 11 heteroatoms.